The SMILES string of the molecule is Cc1ccc(-c2c3c(=O)n(C)c(=O)n(C)c3c3n2-c2cc(C)ccc2O[C@H]3c2ccccc2O)cc1. The summed E-state index contributed by atoms with van der Waals surface area (Å²) >= 11 is 0. The van der Waals surface area contributed by atoms with Crippen molar-refractivity contribution in [3.63, 3.8) is 0 Å². The zero-order valence-electron chi connectivity index (χ0n) is 20.4. The van der Waals surface area contributed by atoms with Crippen molar-refractivity contribution in [1.82, 2.24) is 13.7 Å². The summed E-state index contributed by atoms with van der Waals surface area (Å²) in [6.07, 6.45) is -0.749. The third-order valence-electron chi connectivity index (χ3n) is 7.00. The molecular formula is C29H25N3O4. The van der Waals surface area contributed by atoms with E-state index in [1.807, 2.05) is 66.9 Å². The molecule has 0 amide bonds. The Kier molecular flexibility index (Phi) is 4.73. The van der Waals surface area contributed by atoms with Crippen molar-refractivity contribution in [3.8, 4) is 28.4 Å². The number of rotatable bonds is 2. The van der Waals surface area contributed by atoms with E-state index < -0.39 is 11.8 Å². The van der Waals surface area contributed by atoms with Crippen LogP contribution in [0.4, 0.5) is 0 Å². The molecular weight excluding hydrogens is 454 g/mol. The second kappa shape index (κ2) is 7.75. The highest BCUT2D eigenvalue weighted by Crippen LogP contribution is 2.48. The first kappa shape index (κ1) is 22.0. The van der Waals surface area contributed by atoms with Crippen LogP contribution in [0.3, 0.4) is 0 Å². The van der Waals surface area contributed by atoms with E-state index in [2.05, 4.69) is 0 Å². The molecule has 0 unspecified atom stereocenters. The van der Waals surface area contributed by atoms with E-state index in [4.69, 9.17) is 4.74 Å². The van der Waals surface area contributed by atoms with Gasteiger partial charge in [0.1, 0.15) is 11.5 Å². The van der Waals surface area contributed by atoms with Crippen molar-refractivity contribution >= 4 is 10.9 Å². The lowest BCUT2D eigenvalue weighted by atomic mass is 10.0. The van der Waals surface area contributed by atoms with Crippen LogP contribution in [-0.4, -0.2) is 18.8 Å². The minimum absolute atomic E-state index is 0.0738. The van der Waals surface area contributed by atoms with Crippen LogP contribution in [0.5, 0.6) is 11.5 Å². The van der Waals surface area contributed by atoms with Gasteiger partial charge < -0.3 is 14.4 Å². The molecule has 1 atom stereocenters. The first-order valence-electron chi connectivity index (χ1n) is 11.7. The minimum Gasteiger partial charge on any atom is -0.508 e. The van der Waals surface area contributed by atoms with Crippen molar-refractivity contribution < 1.29 is 9.84 Å². The number of fused-ring (bicyclic) bond motifs is 5. The Bertz CT molecular complexity index is 1810. The van der Waals surface area contributed by atoms with Gasteiger partial charge in [-0.25, -0.2) is 4.79 Å². The van der Waals surface area contributed by atoms with Gasteiger partial charge in [-0.15, -0.1) is 0 Å². The van der Waals surface area contributed by atoms with Crippen LogP contribution < -0.4 is 16.0 Å². The number of hydrogen-bond donors (Lipinski definition) is 1. The first-order chi connectivity index (χ1) is 17.3. The van der Waals surface area contributed by atoms with Crippen molar-refractivity contribution in [2.45, 2.75) is 20.0 Å². The Morgan fingerprint density at radius 3 is 2.28 bits per heavy atom. The molecule has 2 aromatic heterocycles. The number of aromatic hydroxyl groups is 1. The van der Waals surface area contributed by atoms with Gasteiger partial charge in [0.05, 0.1) is 28.0 Å². The molecule has 0 bridgehead atoms. The normalized spacial score (nSPS) is 14.4. The molecule has 5 aromatic rings. The number of hydrogen-bond acceptors (Lipinski definition) is 4. The molecule has 7 heteroatoms. The van der Waals surface area contributed by atoms with Gasteiger partial charge in [0.25, 0.3) is 5.56 Å². The molecule has 0 aliphatic carbocycles. The lowest BCUT2D eigenvalue weighted by Crippen LogP contribution is -2.37. The molecule has 180 valence electrons. The highest BCUT2D eigenvalue weighted by molar-refractivity contribution is 5.98. The third kappa shape index (κ3) is 2.99. The zero-order chi connectivity index (χ0) is 25.3. The van der Waals surface area contributed by atoms with Crippen LogP contribution in [0.15, 0.2) is 76.3 Å². The fourth-order valence-corrected chi connectivity index (χ4v) is 5.18. The van der Waals surface area contributed by atoms with Gasteiger partial charge >= 0.3 is 5.69 Å². The maximum Gasteiger partial charge on any atom is 0.331 e. The Labute approximate surface area is 207 Å². The molecule has 1 aliphatic heterocycles. The lowest BCUT2D eigenvalue weighted by Gasteiger charge is -2.30. The number of nitrogens with zero attached hydrogens (tertiary/aromatic N) is 3. The molecule has 0 radical (unpaired) electrons. The van der Waals surface area contributed by atoms with E-state index >= 15 is 0 Å². The van der Waals surface area contributed by atoms with Crippen molar-refractivity contribution in [3.05, 3.63) is 110 Å². The highest BCUT2D eigenvalue weighted by Gasteiger charge is 2.37. The largest absolute Gasteiger partial charge is 0.508 e. The van der Waals surface area contributed by atoms with Crippen LogP contribution in [0, 0.1) is 13.8 Å². The number of phenolic OH excluding ortho intramolecular Hbond substituents is 1. The first-order valence-corrected chi connectivity index (χ1v) is 11.7. The summed E-state index contributed by atoms with van der Waals surface area (Å²) in [7, 11) is 3.16. The molecule has 7 nitrogen and oxygen atoms in total. The van der Waals surface area contributed by atoms with Gasteiger partial charge in [0.2, 0.25) is 0 Å². The monoisotopic (exact) mass is 479 g/mol. The zero-order valence-corrected chi connectivity index (χ0v) is 20.4. The Morgan fingerprint density at radius 1 is 0.861 bits per heavy atom. The smallest absolute Gasteiger partial charge is 0.331 e. The number of benzene rings is 3. The molecule has 6 rings (SSSR count). The standard InChI is InChI=1S/C29H25N3O4/c1-16-9-12-18(13-10-16)24-23-25(30(3)29(35)31(4)28(23)34)26-27(19-7-5-6-8-21(19)33)36-22-14-11-17(2)15-20(22)32(24)26/h5-15,27,33H,1-4H3/t27-/m0/s1. The number of phenols is 1. The van der Waals surface area contributed by atoms with Crippen LogP contribution >= 0.6 is 0 Å². The number of para-hydroxylation sites is 1. The Hall–Kier alpha value is -4.52. The van der Waals surface area contributed by atoms with E-state index in [0.29, 0.717) is 33.6 Å². The fourth-order valence-electron chi connectivity index (χ4n) is 5.18. The third-order valence-corrected chi connectivity index (χ3v) is 7.00. The van der Waals surface area contributed by atoms with Gasteiger partial charge in [-0.2, -0.15) is 0 Å². The lowest BCUT2D eigenvalue weighted by molar-refractivity contribution is 0.224. The summed E-state index contributed by atoms with van der Waals surface area (Å²) in [6, 6.07) is 20.9. The number of ether oxygens (including phenoxy) is 1. The van der Waals surface area contributed by atoms with E-state index in [1.54, 1.807) is 25.2 Å². The molecule has 1 aliphatic rings. The second-order valence-corrected chi connectivity index (χ2v) is 9.39. The summed E-state index contributed by atoms with van der Waals surface area (Å²) in [6.45, 7) is 4.01. The molecule has 0 saturated carbocycles. The van der Waals surface area contributed by atoms with Crippen LogP contribution in [-0.2, 0) is 14.1 Å². The fraction of sp³-hybridized carbons (Fsp3) is 0.172. The minimum atomic E-state index is -0.749. The molecule has 0 saturated heterocycles. The summed E-state index contributed by atoms with van der Waals surface area (Å²) in [5, 5.41) is 11.2. The van der Waals surface area contributed by atoms with Crippen molar-refractivity contribution in [2.24, 2.45) is 14.1 Å². The molecule has 0 fully saturated rings. The van der Waals surface area contributed by atoms with E-state index in [9.17, 15) is 14.7 Å². The van der Waals surface area contributed by atoms with Gasteiger partial charge in [-0.1, -0.05) is 54.1 Å². The number of aryl methyl sites for hydroxylation is 3. The van der Waals surface area contributed by atoms with Gasteiger partial charge in [-0.05, 0) is 43.2 Å². The average Bonchev–Trinajstić information content (AvgIpc) is 3.23. The molecule has 3 heterocycles. The molecule has 0 spiro atoms. The maximum atomic E-state index is 13.7. The molecule has 1 N–H and O–H groups in total. The summed E-state index contributed by atoms with van der Waals surface area (Å²) in [5.41, 5.74) is 5.28. The maximum absolute atomic E-state index is 13.7. The second-order valence-electron chi connectivity index (χ2n) is 9.39. The number of aromatic nitrogens is 3. The molecule has 3 aromatic carbocycles. The van der Waals surface area contributed by atoms with Gasteiger partial charge in [0, 0.05) is 19.7 Å². The van der Waals surface area contributed by atoms with Crippen molar-refractivity contribution in [2.75, 3.05) is 0 Å². The van der Waals surface area contributed by atoms with E-state index in [-0.39, 0.29) is 11.3 Å². The average molecular weight is 480 g/mol. The highest BCUT2D eigenvalue weighted by atomic mass is 16.5. The van der Waals surface area contributed by atoms with Crippen LogP contribution in [0.1, 0.15) is 28.5 Å². The van der Waals surface area contributed by atoms with Crippen LogP contribution in [0.2, 0.25) is 0 Å². The predicted molar refractivity (Wildman–Crippen MR) is 139 cm³/mol. The van der Waals surface area contributed by atoms with Crippen molar-refractivity contribution in [1.29, 1.82) is 0 Å². The Morgan fingerprint density at radius 2 is 1.56 bits per heavy atom. The summed E-state index contributed by atoms with van der Waals surface area (Å²) < 4.78 is 11.2. The van der Waals surface area contributed by atoms with E-state index in [1.165, 1.54) is 11.6 Å². The summed E-state index contributed by atoms with van der Waals surface area (Å²) in [4.78, 5) is 26.8. The predicted octanol–water partition coefficient (Wildman–Crippen LogP) is 4.50. The van der Waals surface area contributed by atoms with Gasteiger partial charge in [0.15, 0.2) is 6.10 Å². The molecule has 36 heavy (non-hydrogen) atoms. The quantitative estimate of drug-likeness (QED) is 0.404. The topological polar surface area (TPSA) is 78.4 Å². The Balaban J connectivity index is 1.88. The summed E-state index contributed by atoms with van der Waals surface area (Å²) in [5.74, 6) is 0.696. The van der Waals surface area contributed by atoms with Crippen LogP contribution in [0.25, 0.3) is 27.8 Å². The van der Waals surface area contributed by atoms with Gasteiger partial charge in [-0.3, -0.25) is 13.9 Å². The van der Waals surface area contributed by atoms with E-state index in [0.717, 1.165) is 26.9 Å².